The van der Waals surface area contributed by atoms with Gasteiger partial charge >= 0.3 is 0 Å². The van der Waals surface area contributed by atoms with Crippen molar-refractivity contribution in [2.75, 3.05) is 5.32 Å². The lowest BCUT2D eigenvalue weighted by atomic mass is 10.1. The van der Waals surface area contributed by atoms with E-state index in [0.717, 1.165) is 37.9 Å². The molecule has 4 nitrogen and oxygen atoms in total. The zero-order valence-corrected chi connectivity index (χ0v) is 11.7. The molecule has 2 aromatic rings. The topological polar surface area (TPSA) is 46.9 Å². The van der Waals surface area contributed by atoms with Gasteiger partial charge in [0.15, 0.2) is 0 Å². The molecule has 0 radical (unpaired) electrons. The molecule has 0 atom stereocenters. The molecule has 20 heavy (non-hydrogen) atoms. The molecule has 1 aromatic carbocycles. The number of nitrogens with zero attached hydrogens (tertiary/aromatic N) is 2. The van der Waals surface area contributed by atoms with Gasteiger partial charge in [-0.3, -0.25) is 4.79 Å². The molecule has 1 N–H and O–H groups in total. The highest BCUT2D eigenvalue weighted by molar-refractivity contribution is 5.90. The van der Waals surface area contributed by atoms with Crippen molar-refractivity contribution in [3.63, 3.8) is 0 Å². The Bertz CT molecular complexity index is 494. The van der Waals surface area contributed by atoms with Gasteiger partial charge in [-0.05, 0) is 25.0 Å². The van der Waals surface area contributed by atoms with Crippen LogP contribution in [0.5, 0.6) is 0 Å². The second-order valence-corrected chi connectivity index (χ2v) is 4.88. The minimum atomic E-state index is 0.103. The van der Waals surface area contributed by atoms with Crippen LogP contribution in [0.4, 0.5) is 5.69 Å². The number of hydrogen-bond donors (Lipinski definition) is 1. The molecule has 0 aliphatic rings. The number of carbonyl (C=O) groups is 1. The van der Waals surface area contributed by atoms with E-state index in [-0.39, 0.29) is 5.91 Å². The molecule has 0 fully saturated rings. The van der Waals surface area contributed by atoms with Gasteiger partial charge in [0.05, 0.1) is 6.33 Å². The largest absolute Gasteiger partial charge is 0.337 e. The molecule has 1 amide bonds. The maximum absolute atomic E-state index is 11.7. The summed E-state index contributed by atoms with van der Waals surface area (Å²) in [5.41, 5.74) is 0.873. The van der Waals surface area contributed by atoms with Crippen LogP contribution in [0.1, 0.15) is 32.1 Å². The number of anilines is 1. The van der Waals surface area contributed by atoms with Gasteiger partial charge in [0.2, 0.25) is 5.91 Å². The second-order valence-electron chi connectivity index (χ2n) is 4.88. The number of aromatic nitrogens is 2. The lowest BCUT2D eigenvalue weighted by molar-refractivity contribution is -0.116. The average molecular weight is 271 g/mol. The third-order valence-electron chi connectivity index (χ3n) is 3.19. The summed E-state index contributed by atoms with van der Waals surface area (Å²) in [7, 11) is 0. The Morgan fingerprint density at radius 1 is 1.10 bits per heavy atom. The molecule has 0 unspecified atom stereocenters. The fourth-order valence-electron chi connectivity index (χ4n) is 2.10. The van der Waals surface area contributed by atoms with Gasteiger partial charge in [-0.1, -0.05) is 31.0 Å². The molecule has 0 aliphatic heterocycles. The highest BCUT2D eigenvalue weighted by Gasteiger charge is 2.01. The van der Waals surface area contributed by atoms with E-state index >= 15 is 0 Å². The molecule has 0 saturated heterocycles. The molecular weight excluding hydrogens is 250 g/mol. The first-order chi connectivity index (χ1) is 9.84. The summed E-state index contributed by atoms with van der Waals surface area (Å²) in [4.78, 5) is 15.7. The fraction of sp³-hybridized carbons (Fsp3) is 0.375. The summed E-state index contributed by atoms with van der Waals surface area (Å²) < 4.78 is 2.09. The number of rotatable bonds is 8. The summed E-state index contributed by atoms with van der Waals surface area (Å²) in [5.74, 6) is 0.103. The molecule has 0 aliphatic carbocycles. The molecule has 2 rings (SSSR count). The number of benzene rings is 1. The van der Waals surface area contributed by atoms with Gasteiger partial charge in [0.25, 0.3) is 0 Å². The van der Waals surface area contributed by atoms with E-state index < -0.39 is 0 Å². The van der Waals surface area contributed by atoms with Crippen LogP contribution in [0.2, 0.25) is 0 Å². The van der Waals surface area contributed by atoms with E-state index in [9.17, 15) is 4.79 Å². The van der Waals surface area contributed by atoms with E-state index in [1.54, 1.807) is 6.20 Å². The third kappa shape index (κ3) is 5.26. The van der Waals surface area contributed by atoms with Gasteiger partial charge in [-0.15, -0.1) is 0 Å². The summed E-state index contributed by atoms with van der Waals surface area (Å²) in [6.45, 7) is 1.01. The van der Waals surface area contributed by atoms with Crippen LogP contribution in [0.3, 0.4) is 0 Å². The van der Waals surface area contributed by atoms with Gasteiger partial charge in [-0.25, -0.2) is 4.98 Å². The van der Waals surface area contributed by atoms with Gasteiger partial charge < -0.3 is 9.88 Å². The van der Waals surface area contributed by atoms with Gasteiger partial charge in [0.1, 0.15) is 0 Å². The highest BCUT2D eigenvalue weighted by atomic mass is 16.1. The van der Waals surface area contributed by atoms with Crippen molar-refractivity contribution in [1.82, 2.24) is 9.55 Å². The number of imidazole rings is 1. The van der Waals surface area contributed by atoms with E-state index in [2.05, 4.69) is 14.9 Å². The smallest absolute Gasteiger partial charge is 0.224 e. The summed E-state index contributed by atoms with van der Waals surface area (Å²) in [6, 6.07) is 9.60. The average Bonchev–Trinajstić information content (AvgIpc) is 2.97. The first-order valence-corrected chi connectivity index (χ1v) is 7.15. The zero-order valence-electron chi connectivity index (χ0n) is 11.7. The molecule has 1 aromatic heterocycles. The van der Waals surface area contributed by atoms with E-state index in [1.807, 2.05) is 42.9 Å². The van der Waals surface area contributed by atoms with E-state index in [4.69, 9.17) is 0 Å². The van der Waals surface area contributed by atoms with Crippen LogP contribution in [-0.4, -0.2) is 15.5 Å². The number of amides is 1. The highest BCUT2D eigenvalue weighted by Crippen LogP contribution is 2.08. The Hall–Kier alpha value is -2.10. The molecule has 0 bridgehead atoms. The van der Waals surface area contributed by atoms with Crippen molar-refractivity contribution < 1.29 is 4.79 Å². The van der Waals surface area contributed by atoms with Crippen LogP contribution in [0, 0.1) is 0 Å². The molecular formula is C16H21N3O. The number of para-hydroxylation sites is 1. The number of carbonyl (C=O) groups excluding carboxylic acids is 1. The van der Waals surface area contributed by atoms with E-state index in [0.29, 0.717) is 6.42 Å². The predicted octanol–water partition coefficient (Wildman–Crippen LogP) is 3.47. The maximum atomic E-state index is 11.7. The van der Waals surface area contributed by atoms with Crippen molar-refractivity contribution in [2.45, 2.75) is 38.6 Å². The minimum absolute atomic E-state index is 0.103. The Morgan fingerprint density at radius 3 is 2.65 bits per heavy atom. The van der Waals surface area contributed by atoms with Crippen LogP contribution < -0.4 is 5.32 Å². The second kappa shape index (κ2) is 8.15. The predicted molar refractivity (Wildman–Crippen MR) is 80.4 cm³/mol. The first-order valence-electron chi connectivity index (χ1n) is 7.15. The molecule has 0 saturated carbocycles. The van der Waals surface area contributed by atoms with Crippen molar-refractivity contribution in [3.8, 4) is 0 Å². The van der Waals surface area contributed by atoms with Crippen LogP contribution in [0.15, 0.2) is 49.1 Å². The van der Waals surface area contributed by atoms with E-state index in [1.165, 1.54) is 0 Å². The molecule has 4 heteroatoms. The van der Waals surface area contributed by atoms with Gasteiger partial charge in [-0.2, -0.15) is 0 Å². The van der Waals surface area contributed by atoms with Crippen LogP contribution >= 0.6 is 0 Å². The number of unbranched alkanes of at least 4 members (excludes halogenated alkanes) is 3. The summed E-state index contributed by atoms with van der Waals surface area (Å²) >= 11 is 0. The lowest BCUT2D eigenvalue weighted by Gasteiger charge is -2.05. The Balaban J connectivity index is 1.51. The molecule has 0 spiro atoms. The summed E-state index contributed by atoms with van der Waals surface area (Å²) in [6.07, 6.45) is 10.5. The lowest BCUT2D eigenvalue weighted by Crippen LogP contribution is -2.10. The van der Waals surface area contributed by atoms with Crippen molar-refractivity contribution >= 4 is 11.6 Å². The zero-order chi connectivity index (χ0) is 14.0. The monoisotopic (exact) mass is 271 g/mol. The summed E-state index contributed by atoms with van der Waals surface area (Å²) in [5, 5.41) is 2.90. The molecule has 106 valence electrons. The minimum Gasteiger partial charge on any atom is -0.337 e. The Kier molecular flexibility index (Phi) is 5.83. The Labute approximate surface area is 119 Å². The first kappa shape index (κ1) is 14.3. The fourth-order valence-corrected chi connectivity index (χ4v) is 2.10. The number of hydrogen-bond acceptors (Lipinski definition) is 2. The van der Waals surface area contributed by atoms with Crippen LogP contribution in [-0.2, 0) is 11.3 Å². The number of nitrogens with one attached hydrogen (secondary N) is 1. The van der Waals surface area contributed by atoms with Crippen molar-refractivity contribution in [2.24, 2.45) is 0 Å². The van der Waals surface area contributed by atoms with Crippen molar-refractivity contribution in [1.29, 1.82) is 0 Å². The molecule has 1 heterocycles. The third-order valence-corrected chi connectivity index (χ3v) is 3.19. The quantitative estimate of drug-likeness (QED) is 0.747. The number of aryl methyl sites for hydroxylation is 1. The normalized spacial score (nSPS) is 10.4. The van der Waals surface area contributed by atoms with Crippen molar-refractivity contribution in [3.05, 3.63) is 49.1 Å². The maximum Gasteiger partial charge on any atom is 0.224 e. The Morgan fingerprint density at radius 2 is 1.90 bits per heavy atom. The SMILES string of the molecule is O=C(CCCCCCn1ccnc1)Nc1ccccc1. The standard InChI is InChI=1S/C16H21N3O/c20-16(18-15-8-4-3-5-9-15)10-6-1-2-7-12-19-13-11-17-14-19/h3-5,8-9,11,13-14H,1-2,6-7,10,12H2,(H,18,20). The van der Waals surface area contributed by atoms with Gasteiger partial charge in [0, 0.05) is 31.0 Å². The van der Waals surface area contributed by atoms with Crippen LogP contribution in [0.25, 0.3) is 0 Å².